The maximum atomic E-state index is 12.0. The second kappa shape index (κ2) is 35.2. The van der Waals surface area contributed by atoms with E-state index < -0.39 is 6.10 Å². The van der Waals surface area contributed by atoms with Crippen LogP contribution in [0.5, 0.6) is 0 Å². The molecule has 0 saturated heterocycles. The van der Waals surface area contributed by atoms with Gasteiger partial charge in [-0.1, -0.05) is 195 Å². The van der Waals surface area contributed by atoms with Crippen LogP contribution in [0.2, 0.25) is 0 Å². The van der Waals surface area contributed by atoms with Crippen molar-refractivity contribution < 1.29 is 24.2 Å². The van der Waals surface area contributed by atoms with E-state index in [4.69, 9.17) is 9.47 Å². The predicted molar refractivity (Wildman–Crippen MR) is 196 cm³/mol. The SMILES string of the molecule is CC(C)CCCCCCCCCCCCCCCCCCC(=O)OC[C@@H](O)COC(=O)CCCCCCCCCCCCC(C)C. The molecule has 5 heteroatoms. The summed E-state index contributed by atoms with van der Waals surface area (Å²) in [5.41, 5.74) is 0. The number of hydrogen-bond acceptors (Lipinski definition) is 5. The Morgan fingerprint density at radius 1 is 0.391 bits per heavy atom. The van der Waals surface area contributed by atoms with Gasteiger partial charge in [-0.05, 0) is 24.7 Å². The number of aliphatic hydroxyl groups excluding tert-OH is 1. The Balaban J connectivity index is 3.37. The van der Waals surface area contributed by atoms with Crippen molar-refractivity contribution >= 4 is 11.9 Å². The van der Waals surface area contributed by atoms with Gasteiger partial charge in [0.2, 0.25) is 0 Å². The highest BCUT2D eigenvalue weighted by Crippen LogP contribution is 2.16. The predicted octanol–water partition coefficient (Wildman–Crippen LogP) is 12.4. The number of hydrogen-bond donors (Lipinski definition) is 1. The van der Waals surface area contributed by atoms with Crippen LogP contribution in [0, 0.1) is 11.8 Å². The van der Waals surface area contributed by atoms with Gasteiger partial charge in [0, 0.05) is 12.8 Å². The summed E-state index contributed by atoms with van der Waals surface area (Å²) < 4.78 is 10.3. The zero-order valence-corrected chi connectivity index (χ0v) is 31.4. The van der Waals surface area contributed by atoms with Crippen molar-refractivity contribution in [1.29, 1.82) is 0 Å². The molecule has 0 aromatic heterocycles. The third-order valence-electron chi connectivity index (χ3n) is 9.20. The quantitative estimate of drug-likeness (QED) is 0.0538. The third kappa shape index (κ3) is 37.4. The fraction of sp³-hybridized carbons (Fsp3) is 0.951. The molecule has 1 atom stereocenters. The average Bonchev–Trinajstić information content (AvgIpc) is 3.02. The minimum Gasteiger partial charge on any atom is -0.463 e. The van der Waals surface area contributed by atoms with Crippen LogP contribution >= 0.6 is 0 Å². The first-order chi connectivity index (χ1) is 22.3. The molecular formula is C41H80O5. The molecule has 0 heterocycles. The normalized spacial score (nSPS) is 12.2. The van der Waals surface area contributed by atoms with Crippen molar-refractivity contribution in [3.63, 3.8) is 0 Å². The number of esters is 2. The molecule has 0 aromatic rings. The van der Waals surface area contributed by atoms with E-state index in [1.54, 1.807) is 0 Å². The van der Waals surface area contributed by atoms with Crippen molar-refractivity contribution in [3.05, 3.63) is 0 Å². The summed E-state index contributed by atoms with van der Waals surface area (Å²) in [6.45, 7) is 9.02. The minimum atomic E-state index is -0.956. The van der Waals surface area contributed by atoms with Gasteiger partial charge in [0.05, 0.1) is 0 Å². The summed E-state index contributed by atoms with van der Waals surface area (Å²) in [6, 6.07) is 0. The van der Waals surface area contributed by atoms with Crippen LogP contribution in [-0.4, -0.2) is 36.4 Å². The highest BCUT2D eigenvalue weighted by Gasteiger charge is 2.12. The standard InChI is InChI=1S/C41H80O5/c1-37(2)31-27-23-19-15-11-9-7-5-6-8-10-12-17-21-25-29-33-40(43)45-35-39(42)36-46-41(44)34-30-26-22-18-14-13-16-20-24-28-32-38(3)4/h37-39,42H,5-36H2,1-4H3/t39-/m1/s1. The maximum Gasteiger partial charge on any atom is 0.305 e. The third-order valence-corrected chi connectivity index (χ3v) is 9.20. The molecule has 0 amide bonds. The van der Waals surface area contributed by atoms with Gasteiger partial charge in [0.1, 0.15) is 19.3 Å². The molecule has 0 rings (SSSR count). The zero-order valence-electron chi connectivity index (χ0n) is 31.4. The van der Waals surface area contributed by atoms with Crippen molar-refractivity contribution in [2.45, 2.75) is 226 Å². The molecule has 0 unspecified atom stereocenters. The van der Waals surface area contributed by atoms with E-state index in [0.717, 1.165) is 37.5 Å². The Kier molecular flexibility index (Phi) is 34.4. The van der Waals surface area contributed by atoms with Crippen molar-refractivity contribution in [2.24, 2.45) is 11.8 Å². The van der Waals surface area contributed by atoms with Crippen LogP contribution in [0.4, 0.5) is 0 Å². The van der Waals surface area contributed by atoms with Crippen molar-refractivity contribution in [2.75, 3.05) is 13.2 Å². The number of aliphatic hydroxyl groups is 1. The van der Waals surface area contributed by atoms with E-state index in [2.05, 4.69) is 27.7 Å². The summed E-state index contributed by atoms with van der Waals surface area (Å²) in [4.78, 5) is 23.9. The number of carbonyl (C=O) groups excluding carboxylic acids is 2. The molecule has 0 aliphatic carbocycles. The number of ether oxygens (including phenoxy) is 2. The lowest BCUT2D eigenvalue weighted by molar-refractivity contribution is -0.152. The van der Waals surface area contributed by atoms with Gasteiger partial charge in [-0.3, -0.25) is 9.59 Å². The second-order valence-electron chi connectivity index (χ2n) is 15.1. The Labute approximate surface area is 287 Å². The molecule has 46 heavy (non-hydrogen) atoms. The van der Waals surface area contributed by atoms with E-state index in [9.17, 15) is 14.7 Å². The maximum absolute atomic E-state index is 12.0. The van der Waals surface area contributed by atoms with E-state index in [1.807, 2.05) is 0 Å². The van der Waals surface area contributed by atoms with Gasteiger partial charge in [-0.2, -0.15) is 0 Å². The molecule has 0 aromatic carbocycles. The summed E-state index contributed by atoms with van der Waals surface area (Å²) in [5, 5.41) is 10.0. The number of rotatable bonds is 36. The lowest BCUT2D eigenvalue weighted by atomic mass is 10.0. The minimum absolute atomic E-state index is 0.109. The molecule has 1 N–H and O–H groups in total. The molecular weight excluding hydrogens is 572 g/mol. The fourth-order valence-corrected chi connectivity index (χ4v) is 6.10. The van der Waals surface area contributed by atoms with Gasteiger partial charge in [0.25, 0.3) is 0 Å². The van der Waals surface area contributed by atoms with E-state index >= 15 is 0 Å². The molecule has 0 fully saturated rings. The molecule has 0 radical (unpaired) electrons. The van der Waals surface area contributed by atoms with Crippen molar-refractivity contribution in [1.82, 2.24) is 0 Å². The van der Waals surface area contributed by atoms with Crippen LogP contribution in [-0.2, 0) is 19.1 Å². The van der Waals surface area contributed by atoms with Gasteiger partial charge in [0.15, 0.2) is 0 Å². The Bertz CT molecular complexity index is 647. The van der Waals surface area contributed by atoms with E-state index in [-0.39, 0.29) is 25.2 Å². The van der Waals surface area contributed by atoms with E-state index in [1.165, 1.54) is 154 Å². The highest BCUT2D eigenvalue weighted by molar-refractivity contribution is 5.69. The molecule has 0 saturated carbocycles. The molecule has 0 aliphatic heterocycles. The largest absolute Gasteiger partial charge is 0.463 e. The van der Waals surface area contributed by atoms with Gasteiger partial charge >= 0.3 is 11.9 Å². The van der Waals surface area contributed by atoms with Crippen LogP contribution in [0.1, 0.15) is 220 Å². The second-order valence-corrected chi connectivity index (χ2v) is 15.1. The summed E-state index contributed by atoms with van der Waals surface area (Å²) in [5.74, 6) is 1.13. The molecule has 0 bridgehead atoms. The monoisotopic (exact) mass is 653 g/mol. The average molecular weight is 653 g/mol. The Morgan fingerprint density at radius 3 is 0.848 bits per heavy atom. The first kappa shape index (κ1) is 44.9. The number of carbonyl (C=O) groups is 2. The topological polar surface area (TPSA) is 72.8 Å². The van der Waals surface area contributed by atoms with Crippen LogP contribution in [0.3, 0.4) is 0 Å². The van der Waals surface area contributed by atoms with Crippen LogP contribution in [0.25, 0.3) is 0 Å². The Morgan fingerprint density at radius 2 is 0.609 bits per heavy atom. The van der Waals surface area contributed by atoms with Gasteiger partial charge in [-0.15, -0.1) is 0 Å². The van der Waals surface area contributed by atoms with E-state index in [0.29, 0.717) is 12.8 Å². The van der Waals surface area contributed by atoms with Crippen LogP contribution in [0.15, 0.2) is 0 Å². The lowest BCUT2D eigenvalue weighted by Crippen LogP contribution is -2.25. The first-order valence-electron chi connectivity index (χ1n) is 20.3. The highest BCUT2D eigenvalue weighted by atomic mass is 16.6. The van der Waals surface area contributed by atoms with Crippen LogP contribution < -0.4 is 0 Å². The Hall–Kier alpha value is -1.10. The zero-order chi connectivity index (χ0) is 33.9. The van der Waals surface area contributed by atoms with Gasteiger partial charge in [-0.25, -0.2) is 0 Å². The summed E-state index contributed by atoms with van der Waals surface area (Å²) >= 11 is 0. The molecule has 274 valence electrons. The van der Waals surface area contributed by atoms with Gasteiger partial charge < -0.3 is 14.6 Å². The smallest absolute Gasteiger partial charge is 0.305 e. The fourth-order valence-electron chi connectivity index (χ4n) is 6.10. The number of unbranched alkanes of at least 4 members (excludes halogenated alkanes) is 24. The lowest BCUT2D eigenvalue weighted by Gasteiger charge is -2.12. The first-order valence-corrected chi connectivity index (χ1v) is 20.3. The molecule has 0 aliphatic rings. The molecule has 0 spiro atoms. The summed E-state index contributed by atoms with van der Waals surface area (Å²) in [6.07, 6.45) is 35.9. The molecule has 5 nitrogen and oxygen atoms in total. The summed E-state index contributed by atoms with van der Waals surface area (Å²) in [7, 11) is 0. The van der Waals surface area contributed by atoms with Crippen molar-refractivity contribution in [3.8, 4) is 0 Å².